The van der Waals surface area contributed by atoms with Crippen molar-refractivity contribution >= 4 is 33.5 Å². The zero-order valence-corrected chi connectivity index (χ0v) is 9.61. The van der Waals surface area contributed by atoms with Crippen molar-refractivity contribution in [2.45, 2.75) is 11.8 Å². The van der Waals surface area contributed by atoms with E-state index in [1.54, 1.807) is 24.3 Å². The number of benzene rings is 1. The summed E-state index contributed by atoms with van der Waals surface area (Å²) in [7, 11) is 0. The van der Waals surface area contributed by atoms with Crippen LogP contribution in [0, 0.1) is 0 Å². The maximum atomic E-state index is 10.7. The van der Waals surface area contributed by atoms with Crippen LogP contribution in [0.1, 0.15) is 17.3 Å². The van der Waals surface area contributed by atoms with Crippen LogP contribution in [0.5, 0.6) is 0 Å². The lowest BCUT2D eigenvalue weighted by Crippen LogP contribution is -2.07. The van der Waals surface area contributed by atoms with Gasteiger partial charge >= 0.3 is 5.97 Å². The van der Waals surface area contributed by atoms with Crippen LogP contribution in [-0.2, 0) is 9.59 Å². The number of carboxylic acid groups (broad SMARTS) is 1. The highest BCUT2D eigenvalue weighted by Crippen LogP contribution is 2.24. The highest BCUT2D eigenvalue weighted by atomic mass is 79.9. The number of halogens is 1. The Morgan fingerprint density at radius 1 is 1.33 bits per heavy atom. The van der Waals surface area contributed by atoms with Crippen LogP contribution in [0.3, 0.4) is 0 Å². The number of amides is 1. The van der Waals surface area contributed by atoms with E-state index in [-0.39, 0.29) is 5.91 Å². The lowest BCUT2D eigenvalue weighted by Gasteiger charge is -2.06. The van der Waals surface area contributed by atoms with E-state index in [1.165, 1.54) is 6.92 Å². The first-order valence-electron chi connectivity index (χ1n) is 4.25. The molecule has 80 valence electrons. The van der Waals surface area contributed by atoms with Crippen molar-refractivity contribution in [2.75, 3.05) is 5.32 Å². The molecule has 0 fully saturated rings. The quantitative estimate of drug-likeness (QED) is 0.828. The maximum absolute atomic E-state index is 10.7. The number of carboxylic acids is 1. The van der Waals surface area contributed by atoms with E-state index in [0.717, 1.165) is 0 Å². The molecule has 1 atom stereocenters. The van der Waals surface area contributed by atoms with Gasteiger partial charge in [-0.15, -0.1) is 0 Å². The molecule has 0 aliphatic carbocycles. The number of aliphatic carboxylic acids is 1. The van der Waals surface area contributed by atoms with Crippen LogP contribution in [0.4, 0.5) is 5.69 Å². The Morgan fingerprint density at radius 3 is 2.27 bits per heavy atom. The van der Waals surface area contributed by atoms with Crippen molar-refractivity contribution in [3.63, 3.8) is 0 Å². The number of nitrogens with one attached hydrogen (secondary N) is 1. The topological polar surface area (TPSA) is 66.4 Å². The van der Waals surface area contributed by atoms with E-state index >= 15 is 0 Å². The Balaban J connectivity index is 2.80. The van der Waals surface area contributed by atoms with Gasteiger partial charge in [-0.05, 0) is 17.7 Å². The highest BCUT2D eigenvalue weighted by molar-refractivity contribution is 9.09. The number of anilines is 1. The molecule has 1 rings (SSSR count). The van der Waals surface area contributed by atoms with Crippen molar-refractivity contribution in [1.29, 1.82) is 0 Å². The van der Waals surface area contributed by atoms with Crippen molar-refractivity contribution in [1.82, 2.24) is 0 Å². The van der Waals surface area contributed by atoms with Crippen molar-refractivity contribution in [3.8, 4) is 0 Å². The Labute approximate surface area is 95.4 Å². The fraction of sp³-hybridized carbons (Fsp3) is 0.200. The zero-order valence-electron chi connectivity index (χ0n) is 8.03. The smallest absolute Gasteiger partial charge is 0.321 e. The summed E-state index contributed by atoms with van der Waals surface area (Å²) < 4.78 is 0. The largest absolute Gasteiger partial charge is 0.480 e. The van der Waals surface area contributed by atoms with E-state index < -0.39 is 10.8 Å². The minimum atomic E-state index is -0.942. The average Bonchev–Trinajstić information content (AvgIpc) is 2.17. The molecule has 2 N–H and O–H groups in total. The molecule has 5 heteroatoms. The number of carbonyl (C=O) groups excluding carboxylic acids is 1. The summed E-state index contributed by atoms with van der Waals surface area (Å²) in [6, 6.07) is 6.62. The Bertz CT molecular complexity index is 375. The summed E-state index contributed by atoms with van der Waals surface area (Å²) >= 11 is 3.04. The van der Waals surface area contributed by atoms with Gasteiger partial charge < -0.3 is 10.4 Å². The first-order valence-corrected chi connectivity index (χ1v) is 5.16. The van der Waals surface area contributed by atoms with Crippen molar-refractivity contribution < 1.29 is 14.7 Å². The molecule has 0 spiro atoms. The van der Waals surface area contributed by atoms with Crippen LogP contribution in [0.2, 0.25) is 0 Å². The molecule has 0 aromatic heterocycles. The second-order valence-electron chi connectivity index (χ2n) is 3.00. The SMILES string of the molecule is CC(=O)Nc1ccc(C(Br)C(=O)O)cc1. The zero-order chi connectivity index (χ0) is 11.4. The molecule has 0 saturated carbocycles. The molecule has 1 amide bonds. The predicted octanol–water partition coefficient (Wildman–Crippen LogP) is 2.17. The third kappa shape index (κ3) is 3.36. The van der Waals surface area contributed by atoms with Gasteiger partial charge in [0.2, 0.25) is 5.91 Å². The minimum absolute atomic E-state index is 0.156. The van der Waals surface area contributed by atoms with Crippen LogP contribution in [0.15, 0.2) is 24.3 Å². The molecule has 0 bridgehead atoms. The van der Waals surface area contributed by atoms with Gasteiger partial charge in [-0.25, -0.2) is 0 Å². The van der Waals surface area contributed by atoms with Gasteiger partial charge in [-0.2, -0.15) is 0 Å². The molecule has 1 aromatic carbocycles. The van der Waals surface area contributed by atoms with Gasteiger partial charge in [0.15, 0.2) is 0 Å². The van der Waals surface area contributed by atoms with E-state index in [1.807, 2.05) is 0 Å². The summed E-state index contributed by atoms with van der Waals surface area (Å²) in [4.78, 5) is 20.7. The van der Waals surface area contributed by atoms with Gasteiger partial charge in [-0.3, -0.25) is 9.59 Å². The first kappa shape index (κ1) is 11.7. The summed E-state index contributed by atoms with van der Waals surface area (Å²) in [5.74, 6) is -1.10. The lowest BCUT2D eigenvalue weighted by atomic mass is 10.1. The fourth-order valence-corrected chi connectivity index (χ4v) is 1.39. The van der Waals surface area contributed by atoms with E-state index in [4.69, 9.17) is 5.11 Å². The number of carbonyl (C=O) groups is 2. The normalized spacial score (nSPS) is 11.9. The van der Waals surface area contributed by atoms with Gasteiger partial charge in [0.1, 0.15) is 4.83 Å². The maximum Gasteiger partial charge on any atom is 0.321 e. The molecule has 0 radical (unpaired) electrons. The highest BCUT2D eigenvalue weighted by Gasteiger charge is 2.14. The first-order chi connectivity index (χ1) is 7.00. The Kier molecular flexibility index (Phi) is 3.85. The summed E-state index contributed by atoms with van der Waals surface area (Å²) in [6.07, 6.45) is 0. The van der Waals surface area contributed by atoms with Gasteiger partial charge in [0.05, 0.1) is 0 Å². The Morgan fingerprint density at radius 2 is 1.87 bits per heavy atom. The molecule has 15 heavy (non-hydrogen) atoms. The number of alkyl halides is 1. The number of hydrogen-bond acceptors (Lipinski definition) is 2. The average molecular weight is 272 g/mol. The molecule has 0 saturated heterocycles. The predicted molar refractivity (Wildman–Crippen MR) is 60.0 cm³/mol. The molecule has 0 aliphatic rings. The van der Waals surface area contributed by atoms with Crippen LogP contribution in [-0.4, -0.2) is 17.0 Å². The number of hydrogen-bond donors (Lipinski definition) is 2. The van der Waals surface area contributed by atoms with Gasteiger partial charge in [-0.1, -0.05) is 28.1 Å². The monoisotopic (exact) mass is 271 g/mol. The fourth-order valence-electron chi connectivity index (χ4n) is 1.08. The molecular formula is C10H10BrNO3. The van der Waals surface area contributed by atoms with Crippen molar-refractivity contribution in [2.24, 2.45) is 0 Å². The van der Waals surface area contributed by atoms with Gasteiger partial charge in [0, 0.05) is 12.6 Å². The lowest BCUT2D eigenvalue weighted by molar-refractivity contribution is -0.136. The Hall–Kier alpha value is -1.36. The number of rotatable bonds is 3. The van der Waals surface area contributed by atoms with Gasteiger partial charge in [0.25, 0.3) is 0 Å². The molecule has 1 unspecified atom stereocenters. The molecule has 1 aromatic rings. The van der Waals surface area contributed by atoms with E-state index in [0.29, 0.717) is 11.3 Å². The van der Waals surface area contributed by atoms with E-state index in [9.17, 15) is 9.59 Å². The van der Waals surface area contributed by atoms with Crippen LogP contribution in [0.25, 0.3) is 0 Å². The van der Waals surface area contributed by atoms with Crippen LogP contribution < -0.4 is 5.32 Å². The summed E-state index contributed by atoms with van der Waals surface area (Å²) in [5, 5.41) is 11.3. The second-order valence-corrected chi connectivity index (χ2v) is 3.92. The van der Waals surface area contributed by atoms with Crippen molar-refractivity contribution in [3.05, 3.63) is 29.8 Å². The molecule has 0 heterocycles. The van der Waals surface area contributed by atoms with E-state index in [2.05, 4.69) is 21.2 Å². The minimum Gasteiger partial charge on any atom is -0.480 e. The molecule has 4 nitrogen and oxygen atoms in total. The molecular weight excluding hydrogens is 262 g/mol. The van der Waals surface area contributed by atoms with Crippen LogP contribution >= 0.6 is 15.9 Å². The third-order valence-electron chi connectivity index (χ3n) is 1.74. The summed E-state index contributed by atoms with van der Waals surface area (Å²) in [6.45, 7) is 1.42. The summed E-state index contributed by atoms with van der Waals surface area (Å²) in [5.41, 5.74) is 1.29. The molecule has 0 aliphatic heterocycles. The standard InChI is InChI=1S/C10H10BrNO3/c1-6(13)12-8-4-2-7(3-5-8)9(11)10(14)15/h2-5,9H,1H3,(H,12,13)(H,14,15). The third-order valence-corrected chi connectivity index (χ3v) is 2.66. The second kappa shape index (κ2) is 4.93.